The second-order valence-electron chi connectivity index (χ2n) is 4.70. The van der Waals surface area contributed by atoms with E-state index in [-0.39, 0.29) is 0 Å². The van der Waals surface area contributed by atoms with E-state index in [4.69, 9.17) is 0 Å². The average molecular weight is 199 g/mol. The van der Waals surface area contributed by atoms with Crippen LogP contribution < -0.4 is 0 Å². The molecule has 0 aromatic rings. The highest BCUT2D eigenvalue weighted by atomic mass is 16.5. The lowest BCUT2D eigenvalue weighted by atomic mass is 9.89. The number of rotatable bonds is 5. The Labute approximate surface area is 88.3 Å². The summed E-state index contributed by atoms with van der Waals surface area (Å²) in [6, 6.07) is 0.431. The van der Waals surface area contributed by atoms with Crippen molar-refractivity contribution in [2.24, 2.45) is 5.92 Å². The van der Waals surface area contributed by atoms with Crippen LogP contribution in [0.4, 0.5) is 0 Å². The van der Waals surface area contributed by atoms with Crippen molar-refractivity contribution in [3.8, 4) is 0 Å². The summed E-state index contributed by atoms with van der Waals surface area (Å²) in [6.45, 7) is 5.40. The molecule has 2 atom stereocenters. The molecule has 2 heteroatoms. The Balaban J connectivity index is 2.23. The van der Waals surface area contributed by atoms with Gasteiger partial charge in [-0.15, -0.1) is 0 Å². The van der Waals surface area contributed by atoms with Gasteiger partial charge in [0.15, 0.2) is 0 Å². The monoisotopic (exact) mass is 199 g/mol. The first-order chi connectivity index (χ1) is 6.75. The molecule has 2 unspecified atom stereocenters. The van der Waals surface area contributed by atoms with Gasteiger partial charge in [-0.1, -0.05) is 39.5 Å². The van der Waals surface area contributed by atoms with E-state index in [2.05, 4.69) is 13.8 Å². The maximum absolute atomic E-state index is 9.73. The van der Waals surface area contributed by atoms with Crippen molar-refractivity contribution in [3.05, 3.63) is 0 Å². The van der Waals surface area contributed by atoms with Gasteiger partial charge >= 0.3 is 0 Å². The van der Waals surface area contributed by atoms with Crippen molar-refractivity contribution in [1.82, 2.24) is 5.06 Å². The molecule has 1 fully saturated rings. The van der Waals surface area contributed by atoms with E-state index in [1.54, 1.807) is 5.06 Å². The van der Waals surface area contributed by atoms with E-state index >= 15 is 0 Å². The van der Waals surface area contributed by atoms with Gasteiger partial charge in [0.05, 0.1) is 0 Å². The van der Waals surface area contributed by atoms with Gasteiger partial charge in [-0.05, 0) is 25.2 Å². The van der Waals surface area contributed by atoms with Crippen LogP contribution in [0.15, 0.2) is 0 Å². The lowest BCUT2D eigenvalue weighted by Crippen LogP contribution is -2.41. The quantitative estimate of drug-likeness (QED) is 0.686. The van der Waals surface area contributed by atoms with Gasteiger partial charge in [-0.2, -0.15) is 5.06 Å². The zero-order chi connectivity index (χ0) is 10.4. The van der Waals surface area contributed by atoms with E-state index < -0.39 is 0 Å². The second kappa shape index (κ2) is 6.41. The number of piperidine rings is 1. The van der Waals surface area contributed by atoms with Gasteiger partial charge in [0.2, 0.25) is 0 Å². The Bertz CT molecular complexity index is 149. The molecule has 1 aliphatic rings. The summed E-state index contributed by atoms with van der Waals surface area (Å²) in [7, 11) is 0. The topological polar surface area (TPSA) is 23.5 Å². The van der Waals surface area contributed by atoms with Crippen LogP contribution in [-0.4, -0.2) is 22.9 Å². The highest BCUT2D eigenvalue weighted by molar-refractivity contribution is 4.76. The smallest absolute Gasteiger partial charge is 0.0375 e. The van der Waals surface area contributed by atoms with E-state index in [0.29, 0.717) is 12.0 Å². The molecule has 0 aromatic carbocycles. The summed E-state index contributed by atoms with van der Waals surface area (Å²) >= 11 is 0. The summed E-state index contributed by atoms with van der Waals surface area (Å²) in [5.41, 5.74) is 0. The summed E-state index contributed by atoms with van der Waals surface area (Å²) in [6.07, 6.45) is 8.86. The first-order valence-corrected chi connectivity index (χ1v) is 6.21. The number of nitrogens with zero attached hydrogens (tertiary/aromatic N) is 1. The third-order valence-corrected chi connectivity index (χ3v) is 3.44. The fourth-order valence-corrected chi connectivity index (χ4v) is 2.43. The molecule has 1 aliphatic heterocycles. The highest BCUT2D eigenvalue weighted by Gasteiger charge is 2.25. The third-order valence-electron chi connectivity index (χ3n) is 3.44. The predicted molar refractivity (Wildman–Crippen MR) is 59.4 cm³/mol. The molecule has 0 aliphatic carbocycles. The number of hydrogen-bond acceptors (Lipinski definition) is 2. The number of hydrogen-bond donors (Lipinski definition) is 1. The van der Waals surface area contributed by atoms with Gasteiger partial charge in [0.25, 0.3) is 0 Å². The first-order valence-electron chi connectivity index (χ1n) is 6.21. The minimum Gasteiger partial charge on any atom is -0.314 e. The molecule has 0 amide bonds. The number of unbranched alkanes of at least 4 members (excludes halogenated alkanes) is 2. The maximum Gasteiger partial charge on any atom is 0.0375 e. The minimum atomic E-state index is 0.431. The van der Waals surface area contributed by atoms with Crippen molar-refractivity contribution < 1.29 is 5.21 Å². The molecule has 1 rings (SSSR count). The van der Waals surface area contributed by atoms with Crippen LogP contribution in [0.1, 0.15) is 58.8 Å². The van der Waals surface area contributed by atoms with Crippen LogP contribution in [0.5, 0.6) is 0 Å². The van der Waals surface area contributed by atoms with E-state index in [9.17, 15) is 5.21 Å². The van der Waals surface area contributed by atoms with Crippen LogP contribution in [-0.2, 0) is 0 Å². The summed E-state index contributed by atoms with van der Waals surface area (Å²) in [5, 5.41) is 11.3. The Morgan fingerprint density at radius 2 is 2.14 bits per heavy atom. The maximum atomic E-state index is 9.73. The molecule has 0 saturated carbocycles. The van der Waals surface area contributed by atoms with E-state index in [1.807, 2.05) is 0 Å². The molecule has 1 N–H and O–H groups in total. The standard InChI is InChI=1S/C12H25NO/c1-3-4-5-8-11(2)12-9-6-7-10-13(12)14/h11-12,14H,3-10H2,1-2H3. The molecule has 2 nitrogen and oxygen atoms in total. The molecular formula is C12H25NO. The second-order valence-corrected chi connectivity index (χ2v) is 4.70. The Morgan fingerprint density at radius 3 is 2.79 bits per heavy atom. The van der Waals surface area contributed by atoms with Crippen molar-refractivity contribution >= 4 is 0 Å². The Hall–Kier alpha value is -0.0800. The number of hydroxylamine groups is 2. The SMILES string of the molecule is CCCCCC(C)C1CCCCN1O. The van der Waals surface area contributed by atoms with Crippen LogP contribution in [0.2, 0.25) is 0 Å². The lowest BCUT2D eigenvalue weighted by molar-refractivity contribution is -0.155. The molecule has 0 bridgehead atoms. The fraction of sp³-hybridized carbons (Fsp3) is 1.00. The van der Waals surface area contributed by atoms with Gasteiger partial charge in [0.1, 0.15) is 0 Å². The van der Waals surface area contributed by atoms with Gasteiger partial charge in [0, 0.05) is 12.6 Å². The molecule has 14 heavy (non-hydrogen) atoms. The fourth-order valence-electron chi connectivity index (χ4n) is 2.43. The van der Waals surface area contributed by atoms with Crippen molar-refractivity contribution in [2.45, 2.75) is 64.8 Å². The largest absolute Gasteiger partial charge is 0.314 e. The van der Waals surface area contributed by atoms with Crippen LogP contribution in [0.3, 0.4) is 0 Å². The Kier molecular flexibility index (Phi) is 5.49. The Morgan fingerprint density at radius 1 is 1.36 bits per heavy atom. The molecule has 1 heterocycles. The van der Waals surface area contributed by atoms with E-state index in [1.165, 1.54) is 38.5 Å². The first kappa shape index (κ1) is 12.0. The molecule has 1 saturated heterocycles. The third kappa shape index (κ3) is 3.58. The van der Waals surface area contributed by atoms with E-state index in [0.717, 1.165) is 13.0 Å². The molecule has 0 radical (unpaired) electrons. The zero-order valence-corrected chi connectivity index (χ0v) is 9.71. The lowest BCUT2D eigenvalue weighted by Gasteiger charge is -2.34. The van der Waals surface area contributed by atoms with Crippen molar-refractivity contribution in [1.29, 1.82) is 0 Å². The van der Waals surface area contributed by atoms with Crippen LogP contribution >= 0.6 is 0 Å². The molecular weight excluding hydrogens is 174 g/mol. The summed E-state index contributed by atoms with van der Waals surface area (Å²) < 4.78 is 0. The summed E-state index contributed by atoms with van der Waals surface area (Å²) in [4.78, 5) is 0. The molecule has 0 spiro atoms. The van der Waals surface area contributed by atoms with Gasteiger partial charge in [-0.25, -0.2) is 0 Å². The van der Waals surface area contributed by atoms with Gasteiger partial charge < -0.3 is 5.21 Å². The summed E-state index contributed by atoms with van der Waals surface area (Å²) in [5.74, 6) is 0.659. The average Bonchev–Trinajstić information content (AvgIpc) is 2.18. The zero-order valence-electron chi connectivity index (χ0n) is 9.71. The predicted octanol–water partition coefficient (Wildman–Crippen LogP) is 3.45. The van der Waals surface area contributed by atoms with Crippen LogP contribution in [0.25, 0.3) is 0 Å². The highest BCUT2D eigenvalue weighted by Crippen LogP contribution is 2.25. The van der Waals surface area contributed by atoms with Gasteiger partial charge in [-0.3, -0.25) is 0 Å². The van der Waals surface area contributed by atoms with Crippen molar-refractivity contribution in [3.63, 3.8) is 0 Å². The minimum absolute atomic E-state index is 0.431. The van der Waals surface area contributed by atoms with Crippen molar-refractivity contribution in [2.75, 3.05) is 6.54 Å². The van der Waals surface area contributed by atoms with Crippen LogP contribution in [0, 0.1) is 5.92 Å². The normalized spacial score (nSPS) is 26.4. The molecule has 0 aromatic heterocycles. The molecule has 84 valence electrons.